The van der Waals surface area contributed by atoms with Crippen molar-refractivity contribution in [2.75, 3.05) is 5.73 Å². The molecule has 0 aliphatic rings. The first-order valence-electron chi connectivity index (χ1n) is 6.24. The maximum absolute atomic E-state index is 12.0. The topological polar surface area (TPSA) is 63.8 Å². The Morgan fingerprint density at radius 3 is 2.83 bits per heavy atom. The molecule has 1 aromatic heterocycles. The first-order chi connectivity index (χ1) is 8.61. The molecule has 0 atom stereocenters. The molecule has 0 bridgehead atoms. The molecule has 4 nitrogen and oxygen atoms in total. The van der Waals surface area contributed by atoms with Gasteiger partial charge in [-0.1, -0.05) is 43.2 Å². The third-order valence-corrected chi connectivity index (χ3v) is 2.99. The van der Waals surface area contributed by atoms with Crippen LogP contribution < -0.4 is 11.3 Å². The van der Waals surface area contributed by atoms with Crippen molar-refractivity contribution in [3.05, 3.63) is 51.4 Å². The second-order valence-corrected chi connectivity index (χ2v) is 4.63. The zero-order valence-corrected chi connectivity index (χ0v) is 10.9. The molecule has 3 N–H and O–H groups in total. The third-order valence-electron chi connectivity index (χ3n) is 2.99. The Hall–Kier alpha value is -1.97. The van der Waals surface area contributed by atoms with Gasteiger partial charge in [-0.05, 0) is 18.9 Å². The van der Waals surface area contributed by atoms with Crippen molar-refractivity contribution in [2.24, 2.45) is 0 Å². The molecule has 4 heteroatoms. The number of rotatable bonds is 4. The van der Waals surface area contributed by atoms with E-state index in [9.17, 15) is 4.79 Å². The van der Waals surface area contributed by atoms with Crippen molar-refractivity contribution in [1.82, 2.24) is 9.78 Å². The third kappa shape index (κ3) is 2.47. The summed E-state index contributed by atoms with van der Waals surface area (Å²) in [6, 6.07) is 8.12. The molecular weight excluding hydrogens is 226 g/mol. The molecule has 0 aliphatic carbocycles. The SMILES string of the molecule is CCCc1[nH]n(Cc2cccc(C)c2)c(=O)c1N. The highest BCUT2D eigenvalue weighted by atomic mass is 16.1. The number of hydrogen-bond donors (Lipinski definition) is 2. The zero-order valence-electron chi connectivity index (χ0n) is 10.9. The Labute approximate surface area is 106 Å². The summed E-state index contributed by atoms with van der Waals surface area (Å²) in [5.41, 5.74) is 9.16. The lowest BCUT2D eigenvalue weighted by Crippen LogP contribution is -2.19. The van der Waals surface area contributed by atoms with Crippen LogP contribution in [0.2, 0.25) is 0 Å². The second kappa shape index (κ2) is 5.12. The number of aromatic nitrogens is 2. The average molecular weight is 245 g/mol. The lowest BCUT2D eigenvalue weighted by Gasteiger charge is -2.03. The van der Waals surface area contributed by atoms with Crippen LogP contribution in [-0.2, 0) is 13.0 Å². The van der Waals surface area contributed by atoms with Gasteiger partial charge >= 0.3 is 0 Å². The van der Waals surface area contributed by atoms with Crippen LogP contribution in [-0.4, -0.2) is 9.78 Å². The summed E-state index contributed by atoms with van der Waals surface area (Å²) in [6.45, 7) is 4.64. The molecule has 2 rings (SSSR count). The summed E-state index contributed by atoms with van der Waals surface area (Å²) >= 11 is 0. The number of hydrogen-bond acceptors (Lipinski definition) is 2. The van der Waals surface area contributed by atoms with E-state index in [0.29, 0.717) is 12.2 Å². The molecule has 0 radical (unpaired) electrons. The molecule has 0 aliphatic heterocycles. The number of benzene rings is 1. The van der Waals surface area contributed by atoms with Gasteiger partial charge in [0, 0.05) is 0 Å². The van der Waals surface area contributed by atoms with Gasteiger partial charge in [-0.15, -0.1) is 0 Å². The van der Waals surface area contributed by atoms with Crippen LogP contribution in [0.5, 0.6) is 0 Å². The van der Waals surface area contributed by atoms with Crippen molar-refractivity contribution in [3.63, 3.8) is 0 Å². The van der Waals surface area contributed by atoms with Gasteiger partial charge in [0.1, 0.15) is 5.69 Å². The predicted octanol–water partition coefficient (Wildman–Crippen LogP) is 2.07. The van der Waals surface area contributed by atoms with Crippen LogP contribution in [0.15, 0.2) is 29.1 Å². The Balaban J connectivity index is 2.29. The second-order valence-electron chi connectivity index (χ2n) is 4.63. The van der Waals surface area contributed by atoms with Crippen LogP contribution in [0.25, 0.3) is 0 Å². The number of H-pyrrole nitrogens is 1. The predicted molar refractivity (Wildman–Crippen MR) is 73.7 cm³/mol. The molecule has 1 heterocycles. The fraction of sp³-hybridized carbons (Fsp3) is 0.357. The van der Waals surface area contributed by atoms with E-state index in [-0.39, 0.29) is 5.56 Å². The number of nitrogens with zero attached hydrogens (tertiary/aromatic N) is 1. The molecule has 0 saturated heterocycles. The van der Waals surface area contributed by atoms with Gasteiger partial charge in [0.2, 0.25) is 0 Å². The van der Waals surface area contributed by atoms with E-state index < -0.39 is 0 Å². The lowest BCUT2D eigenvalue weighted by molar-refractivity contribution is 0.648. The minimum absolute atomic E-state index is 0.125. The number of anilines is 1. The largest absolute Gasteiger partial charge is 0.393 e. The quantitative estimate of drug-likeness (QED) is 0.866. The Kier molecular flexibility index (Phi) is 3.55. The maximum Gasteiger partial charge on any atom is 0.290 e. The number of nitrogen functional groups attached to an aromatic ring is 1. The van der Waals surface area contributed by atoms with Crippen LogP contribution in [0.1, 0.15) is 30.2 Å². The van der Waals surface area contributed by atoms with Gasteiger partial charge in [-0.25, -0.2) is 4.68 Å². The van der Waals surface area contributed by atoms with Crippen LogP contribution in [0.3, 0.4) is 0 Å². The summed E-state index contributed by atoms with van der Waals surface area (Å²) in [7, 11) is 0. The molecule has 96 valence electrons. The molecular formula is C14H19N3O. The molecule has 0 unspecified atom stereocenters. The molecule has 0 fully saturated rings. The van der Waals surface area contributed by atoms with E-state index in [0.717, 1.165) is 24.1 Å². The van der Waals surface area contributed by atoms with Crippen molar-refractivity contribution < 1.29 is 0 Å². The fourth-order valence-electron chi connectivity index (χ4n) is 2.09. The zero-order chi connectivity index (χ0) is 13.1. The van der Waals surface area contributed by atoms with Crippen molar-refractivity contribution >= 4 is 5.69 Å². The van der Waals surface area contributed by atoms with E-state index in [4.69, 9.17) is 5.73 Å². The number of nitrogens with two attached hydrogens (primary N) is 1. The van der Waals surface area contributed by atoms with E-state index in [2.05, 4.69) is 18.1 Å². The van der Waals surface area contributed by atoms with Gasteiger partial charge in [-0.3, -0.25) is 9.89 Å². The lowest BCUT2D eigenvalue weighted by atomic mass is 10.1. The van der Waals surface area contributed by atoms with Gasteiger partial charge in [0.15, 0.2) is 0 Å². The molecule has 18 heavy (non-hydrogen) atoms. The van der Waals surface area contributed by atoms with Crippen molar-refractivity contribution in [2.45, 2.75) is 33.2 Å². The highest BCUT2D eigenvalue weighted by Crippen LogP contribution is 2.09. The molecule has 0 saturated carbocycles. The van der Waals surface area contributed by atoms with Crippen molar-refractivity contribution in [3.8, 4) is 0 Å². The standard InChI is InChI=1S/C14H19N3O/c1-3-5-12-13(15)14(18)17(16-12)9-11-7-4-6-10(2)8-11/h4,6-8,16H,3,5,9,15H2,1-2H3. The first kappa shape index (κ1) is 12.5. The van der Waals surface area contributed by atoms with Gasteiger partial charge in [0.05, 0.1) is 12.2 Å². The highest BCUT2D eigenvalue weighted by molar-refractivity contribution is 5.41. The number of aryl methyl sites for hydroxylation is 2. The fourth-order valence-corrected chi connectivity index (χ4v) is 2.09. The number of aromatic amines is 1. The van der Waals surface area contributed by atoms with Gasteiger partial charge in [-0.2, -0.15) is 0 Å². The normalized spacial score (nSPS) is 10.8. The summed E-state index contributed by atoms with van der Waals surface area (Å²) in [4.78, 5) is 12.0. The van der Waals surface area contributed by atoms with Crippen molar-refractivity contribution in [1.29, 1.82) is 0 Å². The number of nitrogens with one attached hydrogen (secondary N) is 1. The Morgan fingerprint density at radius 2 is 2.17 bits per heavy atom. The smallest absolute Gasteiger partial charge is 0.290 e. The molecule has 0 amide bonds. The van der Waals surface area contributed by atoms with Crippen LogP contribution in [0.4, 0.5) is 5.69 Å². The highest BCUT2D eigenvalue weighted by Gasteiger charge is 2.10. The minimum atomic E-state index is -0.125. The van der Waals surface area contributed by atoms with E-state index in [1.54, 1.807) is 4.68 Å². The molecule has 1 aromatic carbocycles. The monoisotopic (exact) mass is 245 g/mol. The summed E-state index contributed by atoms with van der Waals surface area (Å²) in [5, 5.41) is 3.10. The average Bonchev–Trinajstić information content (AvgIpc) is 2.59. The van der Waals surface area contributed by atoms with Gasteiger partial charge in [0.25, 0.3) is 5.56 Å². The summed E-state index contributed by atoms with van der Waals surface area (Å²) in [6.07, 6.45) is 1.77. The minimum Gasteiger partial charge on any atom is -0.393 e. The summed E-state index contributed by atoms with van der Waals surface area (Å²) in [5.74, 6) is 0. The first-order valence-corrected chi connectivity index (χ1v) is 6.24. The molecule has 2 aromatic rings. The van der Waals surface area contributed by atoms with Crippen LogP contribution in [0, 0.1) is 6.92 Å². The van der Waals surface area contributed by atoms with E-state index >= 15 is 0 Å². The van der Waals surface area contributed by atoms with Crippen LogP contribution >= 0.6 is 0 Å². The maximum atomic E-state index is 12.0. The van der Waals surface area contributed by atoms with E-state index in [1.165, 1.54) is 5.56 Å². The van der Waals surface area contributed by atoms with E-state index in [1.807, 2.05) is 25.1 Å². The Bertz CT molecular complexity index is 595. The van der Waals surface area contributed by atoms with Gasteiger partial charge < -0.3 is 5.73 Å². The molecule has 0 spiro atoms. The summed E-state index contributed by atoms with van der Waals surface area (Å²) < 4.78 is 1.58. The Morgan fingerprint density at radius 1 is 1.39 bits per heavy atom.